The number of carbonyl (C=O) groups is 2. The van der Waals surface area contributed by atoms with Crippen LogP contribution in [0.25, 0.3) is 10.4 Å². The first-order valence-electron chi connectivity index (χ1n) is 12.1. The highest BCUT2D eigenvalue weighted by molar-refractivity contribution is 7.19. The number of hydrogen-bond acceptors (Lipinski definition) is 8. The highest BCUT2D eigenvalue weighted by Crippen LogP contribution is 2.38. The van der Waals surface area contributed by atoms with Gasteiger partial charge in [0.2, 0.25) is 0 Å². The predicted octanol–water partition coefficient (Wildman–Crippen LogP) is 4.63. The molecule has 0 aliphatic carbocycles. The molecule has 204 valence electrons. The number of pyridine rings is 1. The quantitative estimate of drug-likeness (QED) is 0.235. The number of benzene rings is 1. The fourth-order valence-electron chi connectivity index (χ4n) is 3.43. The van der Waals surface area contributed by atoms with Crippen LogP contribution in [0, 0.1) is 5.82 Å². The molecule has 0 saturated heterocycles. The van der Waals surface area contributed by atoms with Crippen molar-refractivity contribution >= 4 is 34.2 Å². The highest BCUT2D eigenvalue weighted by Gasteiger charge is 2.21. The summed E-state index contributed by atoms with van der Waals surface area (Å²) in [5.74, 6) is -0.685. The van der Waals surface area contributed by atoms with Gasteiger partial charge in [-0.2, -0.15) is 0 Å². The number of primary amides is 1. The molecule has 0 spiro atoms. The van der Waals surface area contributed by atoms with E-state index >= 15 is 0 Å². The molecule has 3 aromatic rings. The van der Waals surface area contributed by atoms with Crippen molar-refractivity contribution in [1.82, 2.24) is 15.6 Å². The maximum atomic E-state index is 14.9. The highest BCUT2D eigenvalue weighted by atomic mass is 32.1. The van der Waals surface area contributed by atoms with Crippen molar-refractivity contribution in [3.8, 4) is 10.4 Å². The minimum absolute atomic E-state index is 0.202. The van der Waals surface area contributed by atoms with Crippen LogP contribution in [-0.4, -0.2) is 40.8 Å². The first-order chi connectivity index (χ1) is 17.7. The molecule has 1 aromatic carbocycles. The Balaban J connectivity index is 1.66. The topological polar surface area (TPSA) is 139 Å². The molecular formula is C27H34FN5O4S. The summed E-state index contributed by atoms with van der Waals surface area (Å²) in [4.78, 5) is 28.9. The van der Waals surface area contributed by atoms with Crippen molar-refractivity contribution in [1.29, 1.82) is 0 Å². The average Bonchev–Trinajstić information content (AvgIpc) is 3.21. The second-order valence-electron chi connectivity index (χ2n) is 10.3. The maximum Gasteiger partial charge on any atom is 0.407 e. The van der Waals surface area contributed by atoms with Gasteiger partial charge in [0.1, 0.15) is 23.2 Å². The summed E-state index contributed by atoms with van der Waals surface area (Å²) in [6.07, 6.45) is -0.475. The Kier molecular flexibility index (Phi) is 9.08. The van der Waals surface area contributed by atoms with Crippen molar-refractivity contribution in [3.05, 3.63) is 65.1 Å². The van der Waals surface area contributed by atoms with E-state index in [1.54, 1.807) is 38.1 Å². The van der Waals surface area contributed by atoms with Gasteiger partial charge in [-0.1, -0.05) is 18.2 Å². The lowest BCUT2D eigenvalue weighted by molar-refractivity contribution is 0.0782. The van der Waals surface area contributed by atoms with Gasteiger partial charge in [-0.25, -0.2) is 14.2 Å². The van der Waals surface area contributed by atoms with Crippen LogP contribution in [0.15, 0.2) is 42.5 Å². The number of amides is 2. The van der Waals surface area contributed by atoms with Gasteiger partial charge in [0, 0.05) is 29.1 Å². The number of nitrogens with one attached hydrogen (secondary N) is 3. The summed E-state index contributed by atoms with van der Waals surface area (Å²) in [6.45, 7) is 9.84. The Hall–Kier alpha value is -3.54. The summed E-state index contributed by atoms with van der Waals surface area (Å²) in [5, 5.41) is 19.6. The molecule has 6 N–H and O–H groups in total. The molecule has 0 aliphatic heterocycles. The van der Waals surface area contributed by atoms with E-state index in [1.165, 1.54) is 17.4 Å². The van der Waals surface area contributed by atoms with Crippen LogP contribution in [0.5, 0.6) is 0 Å². The van der Waals surface area contributed by atoms with Crippen molar-refractivity contribution in [3.63, 3.8) is 0 Å². The predicted molar refractivity (Wildman–Crippen MR) is 147 cm³/mol. The molecule has 0 fully saturated rings. The number of aromatic nitrogens is 1. The summed E-state index contributed by atoms with van der Waals surface area (Å²) >= 11 is 1.18. The molecule has 0 bridgehead atoms. The van der Waals surface area contributed by atoms with Crippen molar-refractivity contribution in [2.24, 2.45) is 5.73 Å². The van der Waals surface area contributed by atoms with Gasteiger partial charge in [-0.3, -0.25) is 4.79 Å². The summed E-state index contributed by atoms with van der Waals surface area (Å²) in [6, 6.07) is 11.4. The van der Waals surface area contributed by atoms with Crippen LogP contribution in [0.4, 0.5) is 20.0 Å². The van der Waals surface area contributed by atoms with Crippen LogP contribution in [0.3, 0.4) is 0 Å². The third-order valence-electron chi connectivity index (χ3n) is 5.28. The lowest BCUT2D eigenvalue weighted by Gasteiger charge is -2.19. The van der Waals surface area contributed by atoms with Crippen molar-refractivity contribution in [2.45, 2.75) is 52.3 Å². The molecule has 0 atom stereocenters. The van der Waals surface area contributed by atoms with Gasteiger partial charge >= 0.3 is 6.09 Å². The van der Waals surface area contributed by atoms with Crippen LogP contribution >= 0.6 is 11.3 Å². The molecule has 2 aromatic heterocycles. The zero-order valence-electron chi connectivity index (χ0n) is 22.1. The molecule has 2 amide bonds. The van der Waals surface area contributed by atoms with Crippen LogP contribution in [0.2, 0.25) is 0 Å². The van der Waals surface area contributed by atoms with Crippen LogP contribution in [-0.2, 0) is 16.9 Å². The minimum Gasteiger partial charge on any atom is -0.448 e. The smallest absolute Gasteiger partial charge is 0.407 e. The lowest BCUT2D eigenvalue weighted by atomic mass is 9.96. The lowest BCUT2D eigenvalue weighted by Crippen LogP contribution is -2.41. The van der Waals surface area contributed by atoms with Crippen molar-refractivity contribution < 1.29 is 23.8 Å². The molecule has 38 heavy (non-hydrogen) atoms. The Labute approximate surface area is 225 Å². The largest absolute Gasteiger partial charge is 0.448 e. The van der Waals surface area contributed by atoms with Crippen molar-refractivity contribution in [2.75, 3.05) is 18.5 Å². The molecule has 9 nitrogen and oxygen atoms in total. The van der Waals surface area contributed by atoms with E-state index in [1.807, 2.05) is 32.9 Å². The molecular weight excluding hydrogens is 509 g/mol. The summed E-state index contributed by atoms with van der Waals surface area (Å²) in [5.41, 5.74) is 5.72. The number of nitrogens with zero attached hydrogens (tertiary/aromatic N) is 1. The first-order valence-corrected chi connectivity index (χ1v) is 12.9. The zero-order chi connectivity index (χ0) is 28.1. The number of anilines is 2. The van der Waals surface area contributed by atoms with E-state index in [0.29, 0.717) is 39.9 Å². The Morgan fingerprint density at radius 3 is 2.50 bits per heavy atom. The first kappa shape index (κ1) is 29.0. The minimum atomic E-state index is -1.18. The summed E-state index contributed by atoms with van der Waals surface area (Å²) in [7, 11) is 0. The van der Waals surface area contributed by atoms with Gasteiger partial charge < -0.3 is 31.5 Å². The van der Waals surface area contributed by atoms with Gasteiger partial charge in [-0.05, 0) is 64.4 Å². The second-order valence-corrected chi connectivity index (χ2v) is 11.4. The fourth-order valence-corrected chi connectivity index (χ4v) is 4.53. The van der Waals surface area contributed by atoms with Crippen LogP contribution < -0.4 is 21.7 Å². The normalized spacial score (nSPS) is 11.8. The Morgan fingerprint density at radius 1 is 1.13 bits per heavy atom. The third-order valence-corrected chi connectivity index (χ3v) is 6.37. The number of rotatable bonds is 10. The van der Waals surface area contributed by atoms with Crippen LogP contribution in [0.1, 0.15) is 56.2 Å². The number of aliphatic hydroxyl groups is 1. The van der Waals surface area contributed by atoms with E-state index < -0.39 is 23.4 Å². The van der Waals surface area contributed by atoms with Gasteiger partial charge in [0.25, 0.3) is 5.91 Å². The monoisotopic (exact) mass is 543 g/mol. The standard InChI is InChI=1S/C27H34FN5O4S/c1-26(2,3)33-25(35)37-12-11-30-15-17-7-6-8-22(31-17)32-24-19(23(29)34)14-21(38-24)18-10-9-16(13-20(18)28)27(4,5)36/h6-10,13-14,30,36H,11-12,15H2,1-5H3,(H2,29,34)(H,31,32)(H,33,35). The van der Waals surface area contributed by atoms with Gasteiger partial charge in [0.15, 0.2) is 0 Å². The van der Waals surface area contributed by atoms with E-state index in [-0.39, 0.29) is 17.7 Å². The van der Waals surface area contributed by atoms with Gasteiger partial charge in [0.05, 0.1) is 16.9 Å². The zero-order valence-corrected chi connectivity index (χ0v) is 23.0. The number of alkyl carbamates (subject to hydrolysis) is 1. The molecule has 3 rings (SSSR count). The average molecular weight is 544 g/mol. The SMILES string of the molecule is CC(C)(C)NC(=O)OCCNCc1cccc(Nc2sc(-c3ccc(C(C)(C)O)cc3F)cc2C(N)=O)n1. The van der Waals surface area contributed by atoms with Gasteiger partial charge in [-0.15, -0.1) is 11.3 Å². The molecule has 0 aliphatic rings. The molecule has 2 heterocycles. The van der Waals surface area contributed by atoms with E-state index in [0.717, 1.165) is 5.69 Å². The number of thiophene rings is 1. The molecule has 0 radical (unpaired) electrons. The Morgan fingerprint density at radius 2 is 1.87 bits per heavy atom. The maximum absolute atomic E-state index is 14.9. The number of hydrogen-bond donors (Lipinski definition) is 5. The number of halogens is 1. The number of carbonyl (C=O) groups excluding carboxylic acids is 2. The number of nitrogens with two attached hydrogens (primary N) is 1. The number of ether oxygens (including phenoxy) is 1. The van der Waals surface area contributed by atoms with E-state index in [2.05, 4.69) is 20.9 Å². The summed E-state index contributed by atoms with van der Waals surface area (Å²) < 4.78 is 20.0. The molecule has 0 unspecified atom stereocenters. The fraction of sp³-hybridized carbons (Fsp3) is 0.370. The Bertz CT molecular complexity index is 1300. The second kappa shape index (κ2) is 11.9. The van der Waals surface area contributed by atoms with E-state index in [9.17, 15) is 19.1 Å². The molecule has 0 saturated carbocycles. The van der Waals surface area contributed by atoms with E-state index in [4.69, 9.17) is 10.5 Å². The third kappa shape index (κ3) is 8.23. The molecule has 11 heteroatoms.